The molecule has 0 radical (unpaired) electrons. The number of carbonyl (C=O) groups is 1. The molecule has 0 bridgehead atoms. The van der Waals surface area contributed by atoms with Gasteiger partial charge in [-0.05, 0) is 12.1 Å². The fourth-order valence-electron chi connectivity index (χ4n) is 1.51. The van der Waals surface area contributed by atoms with Crippen LogP contribution in [0.3, 0.4) is 0 Å². The first-order valence-electron chi connectivity index (χ1n) is 6.01. The Kier molecular flexibility index (Phi) is 5.77. The van der Waals surface area contributed by atoms with E-state index in [1.807, 2.05) is 25.2 Å². The summed E-state index contributed by atoms with van der Waals surface area (Å²) in [4.78, 5) is 15.4. The van der Waals surface area contributed by atoms with Gasteiger partial charge in [-0.3, -0.25) is 0 Å². The van der Waals surface area contributed by atoms with Crippen molar-refractivity contribution < 1.29 is 4.79 Å². The van der Waals surface area contributed by atoms with E-state index in [1.165, 1.54) is 0 Å². The Morgan fingerprint density at radius 3 is 2.56 bits per heavy atom. The standard InChI is InChI=1S/C14H21N3O/c1-4-10-15-14(18)17(3)12-11-16(2)13-8-6-5-7-9-13/h4-9H,1,10-12H2,2-3H3,(H,15,18). The minimum atomic E-state index is -0.0728. The number of anilines is 1. The van der Waals surface area contributed by atoms with Crippen molar-refractivity contribution in [3.05, 3.63) is 43.0 Å². The number of carbonyl (C=O) groups excluding carboxylic acids is 1. The van der Waals surface area contributed by atoms with E-state index < -0.39 is 0 Å². The van der Waals surface area contributed by atoms with Crippen molar-refractivity contribution in [3.63, 3.8) is 0 Å². The van der Waals surface area contributed by atoms with Crippen LogP contribution in [0.2, 0.25) is 0 Å². The Morgan fingerprint density at radius 2 is 1.94 bits per heavy atom. The van der Waals surface area contributed by atoms with E-state index in [0.717, 1.165) is 12.2 Å². The molecule has 0 aliphatic heterocycles. The van der Waals surface area contributed by atoms with Gasteiger partial charge < -0.3 is 15.1 Å². The summed E-state index contributed by atoms with van der Waals surface area (Å²) in [6.45, 7) is 5.53. The first-order valence-corrected chi connectivity index (χ1v) is 6.01. The zero-order valence-electron chi connectivity index (χ0n) is 11.1. The van der Waals surface area contributed by atoms with Gasteiger partial charge in [-0.25, -0.2) is 4.79 Å². The third kappa shape index (κ3) is 4.49. The molecule has 4 nitrogen and oxygen atoms in total. The van der Waals surface area contributed by atoms with Gasteiger partial charge >= 0.3 is 6.03 Å². The van der Waals surface area contributed by atoms with E-state index >= 15 is 0 Å². The number of urea groups is 1. The average molecular weight is 247 g/mol. The molecular formula is C14H21N3O. The van der Waals surface area contributed by atoms with E-state index in [4.69, 9.17) is 0 Å². The number of rotatable bonds is 6. The van der Waals surface area contributed by atoms with Crippen molar-refractivity contribution in [2.45, 2.75) is 0 Å². The number of hydrogen-bond donors (Lipinski definition) is 1. The highest BCUT2D eigenvalue weighted by Crippen LogP contribution is 2.10. The van der Waals surface area contributed by atoms with E-state index in [9.17, 15) is 4.79 Å². The molecule has 18 heavy (non-hydrogen) atoms. The molecule has 0 unspecified atom stereocenters. The molecule has 0 heterocycles. The van der Waals surface area contributed by atoms with Crippen molar-refractivity contribution in [1.82, 2.24) is 10.2 Å². The smallest absolute Gasteiger partial charge is 0.317 e. The van der Waals surface area contributed by atoms with Crippen molar-refractivity contribution in [3.8, 4) is 0 Å². The summed E-state index contributed by atoms with van der Waals surface area (Å²) < 4.78 is 0. The Morgan fingerprint density at radius 1 is 1.28 bits per heavy atom. The Hall–Kier alpha value is -1.97. The molecule has 0 fully saturated rings. The molecule has 1 aromatic carbocycles. The van der Waals surface area contributed by atoms with E-state index in [2.05, 4.69) is 28.9 Å². The number of nitrogens with zero attached hydrogens (tertiary/aromatic N) is 2. The minimum Gasteiger partial charge on any atom is -0.373 e. The van der Waals surface area contributed by atoms with E-state index in [0.29, 0.717) is 13.1 Å². The first kappa shape index (κ1) is 14.1. The van der Waals surface area contributed by atoms with Crippen molar-refractivity contribution >= 4 is 11.7 Å². The fraction of sp³-hybridized carbons (Fsp3) is 0.357. The van der Waals surface area contributed by atoms with Crippen LogP contribution in [-0.2, 0) is 0 Å². The maximum Gasteiger partial charge on any atom is 0.317 e. The largest absolute Gasteiger partial charge is 0.373 e. The lowest BCUT2D eigenvalue weighted by atomic mass is 10.3. The Balaban J connectivity index is 2.36. The minimum absolute atomic E-state index is 0.0728. The lowest BCUT2D eigenvalue weighted by molar-refractivity contribution is 0.211. The quantitative estimate of drug-likeness (QED) is 0.780. The molecule has 1 N–H and O–H groups in total. The van der Waals surface area contributed by atoms with Crippen LogP contribution in [0.25, 0.3) is 0 Å². The summed E-state index contributed by atoms with van der Waals surface area (Å²) in [5, 5.41) is 2.75. The third-order valence-electron chi connectivity index (χ3n) is 2.71. The lowest BCUT2D eigenvalue weighted by Gasteiger charge is -2.23. The molecule has 1 rings (SSSR count). The second-order valence-electron chi connectivity index (χ2n) is 4.15. The lowest BCUT2D eigenvalue weighted by Crippen LogP contribution is -2.41. The molecule has 0 aliphatic carbocycles. The van der Waals surface area contributed by atoms with Crippen LogP contribution in [0.15, 0.2) is 43.0 Å². The number of para-hydroxylation sites is 1. The van der Waals surface area contributed by atoms with E-state index in [1.54, 1.807) is 18.0 Å². The summed E-state index contributed by atoms with van der Waals surface area (Å²) in [7, 11) is 3.81. The monoisotopic (exact) mass is 247 g/mol. The summed E-state index contributed by atoms with van der Waals surface area (Å²) >= 11 is 0. The summed E-state index contributed by atoms with van der Waals surface area (Å²) in [6.07, 6.45) is 1.67. The molecule has 0 spiro atoms. The van der Waals surface area contributed by atoms with Crippen LogP contribution >= 0.6 is 0 Å². The number of nitrogens with one attached hydrogen (secondary N) is 1. The molecule has 2 amide bonds. The fourth-order valence-corrected chi connectivity index (χ4v) is 1.51. The number of likely N-dealkylation sites (N-methyl/N-ethyl adjacent to an activating group) is 2. The highest BCUT2D eigenvalue weighted by atomic mass is 16.2. The normalized spacial score (nSPS) is 9.67. The summed E-state index contributed by atoms with van der Waals surface area (Å²) in [5.41, 5.74) is 1.15. The van der Waals surface area contributed by atoms with Gasteiger partial charge in [0.25, 0.3) is 0 Å². The van der Waals surface area contributed by atoms with Gasteiger partial charge in [0.05, 0.1) is 0 Å². The second-order valence-corrected chi connectivity index (χ2v) is 4.15. The third-order valence-corrected chi connectivity index (χ3v) is 2.71. The number of amides is 2. The number of hydrogen-bond acceptors (Lipinski definition) is 2. The van der Waals surface area contributed by atoms with Gasteiger partial charge in [-0.15, -0.1) is 6.58 Å². The predicted molar refractivity (Wildman–Crippen MR) is 75.9 cm³/mol. The van der Waals surface area contributed by atoms with Crippen LogP contribution in [-0.4, -0.2) is 44.7 Å². The molecule has 0 atom stereocenters. The summed E-state index contributed by atoms with van der Waals surface area (Å²) in [5.74, 6) is 0. The molecule has 0 saturated heterocycles. The van der Waals surface area contributed by atoms with E-state index in [-0.39, 0.29) is 6.03 Å². The average Bonchev–Trinajstić information content (AvgIpc) is 2.42. The molecule has 0 aliphatic rings. The van der Waals surface area contributed by atoms with Crippen LogP contribution in [0.4, 0.5) is 10.5 Å². The van der Waals surface area contributed by atoms with Gasteiger partial charge in [0.15, 0.2) is 0 Å². The van der Waals surface area contributed by atoms with Crippen LogP contribution < -0.4 is 10.2 Å². The molecular weight excluding hydrogens is 226 g/mol. The molecule has 4 heteroatoms. The molecule has 1 aromatic rings. The van der Waals surface area contributed by atoms with Crippen molar-refractivity contribution in [1.29, 1.82) is 0 Å². The SMILES string of the molecule is C=CCNC(=O)N(C)CCN(C)c1ccccc1. The van der Waals surface area contributed by atoms with Gasteiger partial charge in [-0.2, -0.15) is 0 Å². The van der Waals surface area contributed by atoms with Gasteiger partial charge in [0.2, 0.25) is 0 Å². The Bertz CT molecular complexity index is 378. The Labute approximate surface area is 109 Å². The van der Waals surface area contributed by atoms with Crippen LogP contribution in [0.5, 0.6) is 0 Å². The maximum absolute atomic E-state index is 11.6. The van der Waals surface area contributed by atoms with Crippen molar-refractivity contribution in [2.75, 3.05) is 38.6 Å². The highest BCUT2D eigenvalue weighted by Gasteiger charge is 2.08. The van der Waals surface area contributed by atoms with Crippen LogP contribution in [0, 0.1) is 0 Å². The van der Waals surface area contributed by atoms with Crippen LogP contribution in [0.1, 0.15) is 0 Å². The van der Waals surface area contributed by atoms with Crippen molar-refractivity contribution in [2.24, 2.45) is 0 Å². The summed E-state index contributed by atoms with van der Waals surface area (Å²) in [6, 6.07) is 10.0. The van der Waals surface area contributed by atoms with Gasteiger partial charge in [0, 0.05) is 39.4 Å². The van der Waals surface area contributed by atoms with Gasteiger partial charge in [-0.1, -0.05) is 24.3 Å². The zero-order valence-corrected chi connectivity index (χ0v) is 11.1. The molecule has 0 aromatic heterocycles. The predicted octanol–water partition coefficient (Wildman–Crippen LogP) is 1.95. The second kappa shape index (κ2) is 7.37. The maximum atomic E-state index is 11.6. The number of benzene rings is 1. The topological polar surface area (TPSA) is 35.6 Å². The molecule has 98 valence electrons. The molecule has 0 saturated carbocycles. The zero-order chi connectivity index (χ0) is 13.4. The first-order chi connectivity index (χ1) is 8.65. The van der Waals surface area contributed by atoms with Gasteiger partial charge in [0.1, 0.15) is 0 Å². The highest BCUT2D eigenvalue weighted by molar-refractivity contribution is 5.74.